The van der Waals surface area contributed by atoms with Crippen LogP contribution in [0, 0.1) is 11.8 Å². The zero-order chi connectivity index (χ0) is 72.8. The predicted molar refractivity (Wildman–Crippen MR) is 375 cm³/mol. The molecule has 2 aromatic heterocycles. The number of hydrogen-bond donors (Lipinski definition) is 6. The maximum absolute atomic E-state index is 14.3. The van der Waals surface area contributed by atoms with Crippen molar-refractivity contribution in [3.05, 3.63) is 107 Å². The zero-order valence-corrected chi connectivity index (χ0v) is 58.2. The highest BCUT2D eigenvalue weighted by Gasteiger charge is 2.43. The summed E-state index contributed by atoms with van der Waals surface area (Å²) in [4.78, 5) is 159. The number of ether oxygens (including phenoxy) is 3. The molecule has 1 unspecified atom stereocenters. The molecule has 3 fully saturated rings. The molecule has 4 atom stereocenters. The van der Waals surface area contributed by atoms with E-state index >= 15 is 0 Å². The molecule has 6 heterocycles. The SMILES string of the molecule is CC[C@@H]1C(=O)N(C)c2cnc(Nc3ccc(-c4cn([C@H]5CC[C@@H](N(CCOCCC#Cc6cccc7c6CN(C6CCC(=O)NC6=O)C7=O)C(=O)OCc6ccc(NC(=O)[C@H](CC(N)=O)NC(=O)[C@H](C)NC(=O)CCCCCN7C(=O)C=CC7=O)cc6)CC5)nn4)cc3OC)nc2N1C1CCCC1. The van der Waals surface area contributed by atoms with Gasteiger partial charge in [-0.05, 0) is 119 Å². The standard InChI is InChI=1S/C73H86N16O14/c1-5-57-71(99)84(3)59-40-75-72(81-66(59)89(57)51-16-8-9-17-51)79-54-29-22-47(38-60(54)101-4)56-42-88(83-82-56)50-27-25-49(26-28-50)85(35-37-102-36-12-10-14-46-15-13-18-52-53(46)41-87(70(52)98)58-30-31-63(92)80-69(58)97)73(100)103-43-45-20-23-48(24-21-45)77-68(96)55(39-61(74)90)78-67(95)44(2)76-62(91)19-7-6-11-34-86-64(93)32-33-65(86)94/h13,15,18,20-24,29,32-33,38,40,42,44,49-51,55,57-58H,5-9,11-12,16-17,19,25-28,30-31,34-37,39,41,43H2,1-4H3,(H2,74,90)(H,76,91)(H,77,96)(H,78,95)(H,75,79,81)(H,80,92,97)/t44-,49-,50+,55-,57+,58?/m0/s1. The minimum Gasteiger partial charge on any atom is -0.495 e. The Morgan fingerprint density at radius 2 is 1.63 bits per heavy atom. The normalized spacial score (nSPS) is 19.3. The second kappa shape index (κ2) is 33.6. The molecular formula is C73H86N16O14. The van der Waals surface area contributed by atoms with Crippen molar-refractivity contribution in [1.29, 1.82) is 0 Å². The van der Waals surface area contributed by atoms with E-state index in [1.807, 2.05) is 42.1 Å². The van der Waals surface area contributed by atoms with Crippen molar-refractivity contribution in [1.82, 2.24) is 55.6 Å². The molecule has 2 aliphatic carbocycles. The van der Waals surface area contributed by atoms with E-state index in [1.54, 1.807) is 66.6 Å². The minimum absolute atomic E-state index is 0.0387. The number of carbonyl (C=O) groups excluding carboxylic acids is 11. The summed E-state index contributed by atoms with van der Waals surface area (Å²) in [6.45, 7) is 4.32. The van der Waals surface area contributed by atoms with Gasteiger partial charge in [-0.3, -0.25) is 58.2 Å². The Morgan fingerprint density at radius 3 is 2.36 bits per heavy atom. The maximum atomic E-state index is 14.3. The van der Waals surface area contributed by atoms with Crippen molar-refractivity contribution in [3.63, 3.8) is 0 Å². The first-order chi connectivity index (χ1) is 49.7. The van der Waals surface area contributed by atoms with Crippen molar-refractivity contribution in [2.24, 2.45) is 5.73 Å². The van der Waals surface area contributed by atoms with Crippen LogP contribution >= 0.6 is 0 Å². The van der Waals surface area contributed by atoms with Crippen LogP contribution in [0.2, 0.25) is 0 Å². The molecule has 0 bridgehead atoms. The van der Waals surface area contributed by atoms with Gasteiger partial charge in [0.05, 0.1) is 50.9 Å². The van der Waals surface area contributed by atoms with E-state index in [2.05, 4.69) is 58.6 Å². The number of nitrogens with one attached hydrogen (secondary N) is 5. The van der Waals surface area contributed by atoms with Gasteiger partial charge in [0.25, 0.3) is 17.7 Å². The molecule has 30 heteroatoms. The van der Waals surface area contributed by atoms with Crippen LogP contribution in [0.1, 0.15) is 156 Å². The summed E-state index contributed by atoms with van der Waals surface area (Å²) in [5.74, 6) is 3.30. The summed E-state index contributed by atoms with van der Waals surface area (Å²) >= 11 is 0. The second-order valence-corrected chi connectivity index (χ2v) is 26.5. The topological polar surface area (TPSA) is 374 Å². The van der Waals surface area contributed by atoms with Crippen LogP contribution in [0.25, 0.3) is 11.3 Å². The number of anilines is 5. The molecule has 2 saturated carbocycles. The van der Waals surface area contributed by atoms with Gasteiger partial charge in [-0.25, -0.2) is 14.5 Å². The maximum Gasteiger partial charge on any atom is 0.410 e. The van der Waals surface area contributed by atoms with E-state index < -0.39 is 60.2 Å². The Bertz CT molecular complexity index is 4140. The number of nitrogens with two attached hydrogens (primary N) is 1. The van der Waals surface area contributed by atoms with Gasteiger partial charge in [-0.2, -0.15) is 4.98 Å². The van der Waals surface area contributed by atoms with Crippen LogP contribution in [0.15, 0.2) is 85.2 Å². The molecule has 0 radical (unpaired) electrons. The summed E-state index contributed by atoms with van der Waals surface area (Å²) in [7, 11) is 3.36. The number of imide groups is 2. The first kappa shape index (κ1) is 73.1. The van der Waals surface area contributed by atoms with Crippen LogP contribution < -0.4 is 46.9 Å². The number of nitrogens with zero attached hydrogens (tertiary/aromatic N) is 10. The minimum atomic E-state index is -1.39. The lowest BCUT2D eigenvalue weighted by atomic mass is 9.90. The van der Waals surface area contributed by atoms with Gasteiger partial charge < -0.3 is 60.8 Å². The van der Waals surface area contributed by atoms with Crippen LogP contribution in [0.4, 0.5) is 33.6 Å². The van der Waals surface area contributed by atoms with Gasteiger partial charge in [-0.15, -0.1) is 5.10 Å². The fraction of sp³-hybridized carbons (Fsp3) is 0.466. The fourth-order valence-corrected chi connectivity index (χ4v) is 14.0. The van der Waals surface area contributed by atoms with Gasteiger partial charge in [0.1, 0.15) is 47.9 Å². The third kappa shape index (κ3) is 17.6. The largest absolute Gasteiger partial charge is 0.495 e. The smallest absolute Gasteiger partial charge is 0.410 e. The Kier molecular flexibility index (Phi) is 23.9. The lowest BCUT2D eigenvalue weighted by Crippen LogP contribution is -2.55. The molecule has 542 valence electrons. The summed E-state index contributed by atoms with van der Waals surface area (Å²) in [6, 6.07) is 13.8. The monoisotopic (exact) mass is 1410 g/mol. The van der Waals surface area contributed by atoms with E-state index in [0.29, 0.717) is 114 Å². The highest BCUT2D eigenvalue weighted by molar-refractivity contribution is 6.13. The number of amides is 11. The first-order valence-electron chi connectivity index (χ1n) is 35.1. The molecule has 5 aromatic rings. The van der Waals surface area contributed by atoms with Crippen molar-refractivity contribution in [2.75, 3.05) is 60.9 Å². The highest BCUT2D eigenvalue weighted by atomic mass is 16.6. The van der Waals surface area contributed by atoms with Crippen molar-refractivity contribution >= 4 is 94.0 Å². The molecule has 6 aliphatic rings. The Balaban J connectivity index is 0.696. The number of fused-ring (bicyclic) bond motifs is 2. The Hall–Kier alpha value is -11.1. The molecule has 0 spiro atoms. The predicted octanol–water partition coefficient (Wildman–Crippen LogP) is 5.62. The average molecular weight is 1410 g/mol. The number of methoxy groups -OCH3 is 1. The van der Waals surface area contributed by atoms with Crippen LogP contribution in [0.3, 0.4) is 0 Å². The van der Waals surface area contributed by atoms with Crippen LogP contribution in [-0.2, 0) is 65.8 Å². The summed E-state index contributed by atoms with van der Waals surface area (Å²) in [6.07, 6.45) is 14.5. The van der Waals surface area contributed by atoms with Crippen LogP contribution in [-0.4, -0.2) is 182 Å². The molecule has 103 heavy (non-hydrogen) atoms. The number of unbranched alkanes of at least 4 members (excludes halogenated alkanes) is 2. The van der Waals surface area contributed by atoms with E-state index in [9.17, 15) is 52.7 Å². The van der Waals surface area contributed by atoms with E-state index in [1.165, 1.54) is 24.0 Å². The Labute approximate surface area is 595 Å². The number of hydrogen-bond acceptors (Lipinski definition) is 20. The summed E-state index contributed by atoms with van der Waals surface area (Å²) in [5.41, 5.74) is 10.9. The number of aromatic nitrogens is 5. The van der Waals surface area contributed by atoms with E-state index in [0.717, 1.165) is 42.0 Å². The molecule has 1 saturated heterocycles. The first-order valence-corrected chi connectivity index (χ1v) is 35.1. The fourth-order valence-electron chi connectivity index (χ4n) is 14.0. The third-order valence-electron chi connectivity index (χ3n) is 19.6. The van der Waals surface area contributed by atoms with E-state index in [4.69, 9.17) is 24.9 Å². The molecular weight excluding hydrogens is 1320 g/mol. The number of benzene rings is 3. The van der Waals surface area contributed by atoms with Crippen LogP contribution in [0.5, 0.6) is 5.75 Å². The van der Waals surface area contributed by atoms with E-state index in [-0.39, 0.29) is 112 Å². The van der Waals surface area contributed by atoms with Crippen molar-refractivity contribution < 1.29 is 67.0 Å². The number of rotatable bonds is 29. The van der Waals surface area contributed by atoms with Crippen molar-refractivity contribution in [2.45, 2.75) is 178 Å². The third-order valence-corrected chi connectivity index (χ3v) is 19.6. The molecule has 11 rings (SSSR count). The van der Waals surface area contributed by atoms with Gasteiger partial charge in [0.15, 0.2) is 5.82 Å². The summed E-state index contributed by atoms with van der Waals surface area (Å²) in [5, 5.41) is 22.6. The summed E-state index contributed by atoms with van der Waals surface area (Å²) < 4.78 is 19.8. The lowest BCUT2D eigenvalue weighted by Gasteiger charge is -2.43. The molecule has 30 nitrogen and oxygen atoms in total. The molecule has 7 N–H and O–H groups in total. The highest BCUT2D eigenvalue weighted by Crippen LogP contribution is 2.41. The number of piperidine rings is 1. The van der Waals surface area contributed by atoms with Gasteiger partial charge in [-0.1, -0.05) is 67.5 Å². The lowest BCUT2D eigenvalue weighted by molar-refractivity contribution is -0.138. The van der Waals surface area contributed by atoms with Gasteiger partial charge in [0.2, 0.25) is 47.3 Å². The quantitative estimate of drug-likeness (QED) is 0.0192. The zero-order valence-electron chi connectivity index (χ0n) is 58.2. The average Bonchev–Trinajstić information content (AvgIpc) is 1.51. The number of likely N-dealkylation sites (N-methyl/N-ethyl adjacent to an activating group) is 1. The van der Waals surface area contributed by atoms with Crippen molar-refractivity contribution in [3.8, 4) is 28.8 Å². The number of primary amides is 1. The molecule has 11 amide bonds. The molecule has 4 aliphatic heterocycles. The molecule has 3 aromatic carbocycles. The number of carbonyl (C=O) groups is 11. The van der Waals surface area contributed by atoms with Gasteiger partial charge in [0, 0.05) is 92.6 Å². The Morgan fingerprint density at radius 1 is 0.864 bits per heavy atom. The van der Waals surface area contributed by atoms with Gasteiger partial charge >= 0.3 is 6.09 Å². The second-order valence-electron chi connectivity index (χ2n) is 26.5.